The predicted octanol–water partition coefficient (Wildman–Crippen LogP) is 7.84. The second-order valence-corrected chi connectivity index (χ2v) is 12.7. The first kappa shape index (κ1) is 25.1. The molecule has 2 heterocycles. The van der Waals surface area contributed by atoms with Crippen molar-refractivity contribution in [2.45, 2.75) is 90.1 Å². The number of rotatable bonds is 9. The fourth-order valence-corrected chi connectivity index (χ4v) is 8.56. The number of fused-ring (bicyclic) bond motifs is 1. The van der Waals surface area contributed by atoms with Crippen LogP contribution in [0, 0.1) is 17.8 Å². The number of ether oxygens (including phenoxy) is 1. The average molecular weight is 514 g/mol. The Morgan fingerprint density at radius 2 is 1.86 bits per heavy atom. The van der Waals surface area contributed by atoms with E-state index in [4.69, 9.17) is 9.72 Å². The number of aldehydes is 1. The van der Waals surface area contributed by atoms with Crippen molar-refractivity contribution < 1.29 is 9.53 Å². The summed E-state index contributed by atoms with van der Waals surface area (Å²) in [4.78, 5) is 17.6. The molecule has 2 fully saturated rings. The van der Waals surface area contributed by atoms with Crippen LogP contribution in [0.4, 0.5) is 5.69 Å². The predicted molar refractivity (Wildman–Crippen MR) is 146 cm³/mol. The van der Waals surface area contributed by atoms with Crippen LogP contribution in [0.1, 0.15) is 103 Å². The number of hydrogen-bond acceptors (Lipinski definition) is 7. The monoisotopic (exact) mass is 513 g/mol. The third kappa shape index (κ3) is 5.89. The van der Waals surface area contributed by atoms with Gasteiger partial charge in [0, 0.05) is 35.0 Å². The molecule has 3 aliphatic rings. The maximum Gasteiger partial charge on any atom is 0.150 e. The minimum absolute atomic E-state index is 0.617. The number of carbonyl (C=O) groups excluding carboxylic acids is 1. The van der Waals surface area contributed by atoms with E-state index in [9.17, 15) is 4.79 Å². The van der Waals surface area contributed by atoms with Crippen molar-refractivity contribution in [1.29, 1.82) is 0 Å². The van der Waals surface area contributed by atoms with E-state index in [1.54, 1.807) is 31.4 Å². The van der Waals surface area contributed by atoms with Crippen LogP contribution in [-0.4, -0.2) is 22.7 Å². The molecule has 1 aliphatic heterocycles. The maximum absolute atomic E-state index is 11.0. The van der Waals surface area contributed by atoms with Crippen molar-refractivity contribution in [1.82, 2.24) is 9.29 Å². The smallest absolute Gasteiger partial charge is 0.150 e. The van der Waals surface area contributed by atoms with E-state index >= 15 is 0 Å². The number of carbonyl (C=O) groups is 1. The lowest BCUT2D eigenvalue weighted by atomic mass is 9.69. The minimum Gasteiger partial charge on any atom is -0.495 e. The third-order valence-corrected chi connectivity index (χ3v) is 10.5. The summed E-state index contributed by atoms with van der Waals surface area (Å²) in [5.41, 5.74) is 2.76. The molecule has 5 rings (SSSR count). The molecular weight excluding hydrogens is 474 g/mol. The van der Waals surface area contributed by atoms with Crippen LogP contribution in [0.3, 0.4) is 0 Å². The Bertz CT molecular complexity index is 971. The van der Waals surface area contributed by atoms with Crippen LogP contribution < -0.4 is 9.46 Å². The molecular formula is C28H39N3O2S2. The highest BCUT2D eigenvalue weighted by molar-refractivity contribution is 7.98. The topological polar surface area (TPSA) is 54.5 Å². The Labute approximate surface area is 218 Å². The Kier molecular flexibility index (Phi) is 8.36. The highest BCUT2D eigenvalue weighted by Gasteiger charge is 2.33. The number of anilines is 1. The largest absolute Gasteiger partial charge is 0.495 e. The lowest BCUT2D eigenvalue weighted by molar-refractivity contribution is 0.112. The van der Waals surface area contributed by atoms with Crippen molar-refractivity contribution in [3.63, 3.8) is 0 Å². The van der Waals surface area contributed by atoms with Gasteiger partial charge in [-0.1, -0.05) is 32.6 Å². The number of thiazole rings is 1. The first-order chi connectivity index (χ1) is 17.2. The van der Waals surface area contributed by atoms with E-state index in [1.165, 1.54) is 79.8 Å². The molecule has 0 spiro atoms. The molecule has 0 unspecified atom stereocenters. The van der Waals surface area contributed by atoms with Crippen molar-refractivity contribution in [2.75, 3.05) is 11.8 Å². The summed E-state index contributed by atoms with van der Waals surface area (Å²) in [5.74, 6) is 4.34. The highest BCUT2D eigenvalue weighted by atomic mass is 32.2. The summed E-state index contributed by atoms with van der Waals surface area (Å²) in [7, 11) is 1.63. The summed E-state index contributed by atoms with van der Waals surface area (Å²) < 4.78 is 11.1. The number of hydrogen-bond donors (Lipinski definition) is 1. The van der Waals surface area contributed by atoms with Gasteiger partial charge in [-0.15, -0.1) is 11.3 Å². The van der Waals surface area contributed by atoms with Gasteiger partial charge < -0.3 is 9.46 Å². The van der Waals surface area contributed by atoms with E-state index in [1.807, 2.05) is 17.4 Å². The van der Waals surface area contributed by atoms with Crippen LogP contribution >= 0.6 is 23.5 Å². The van der Waals surface area contributed by atoms with E-state index in [-0.39, 0.29) is 0 Å². The van der Waals surface area contributed by atoms with Gasteiger partial charge in [-0.25, -0.2) is 9.29 Å². The van der Waals surface area contributed by atoms with E-state index in [2.05, 4.69) is 16.0 Å². The molecule has 1 N–H and O–H groups in total. The number of benzene rings is 1. The van der Waals surface area contributed by atoms with Gasteiger partial charge in [0.15, 0.2) is 0 Å². The normalized spacial score (nSPS) is 26.9. The van der Waals surface area contributed by atoms with Crippen LogP contribution in [0.15, 0.2) is 18.2 Å². The van der Waals surface area contributed by atoms with Crippen molar-refractivity contribution in [2.24, 2.45) is 17.8 Å². The fourth-order valence-electron chi connectivity index (χ4n) is 6.45. The summed E-state index contributed by atoms with van der Waals surface area (Å²) >= 11 is 3.54. The van der Waals surface area contributed by atoms with Crippen LogP contribution in [0.5, 0.6) is 5.75 Å². The summed E-state index contributed by atoms with van der Waals surface area (Å²) in [6.07, 6.45) is 15.1. The minimum atomic E-state index is 0.617. The van der Waals surface area contributed by atoms with Crippen molar-refractivity contribution in [3.05, 3.63) is 39.3 Å². The van der Waals surface area contributed by atoms with Crippen LogP contribution in [0.2, 0.25) is 0 Å². The van der Waals surface area contributed by atoms with Crippen LogP contribution in [0.25, 0.3) is 0 Å². The quantitative estimate of drug-likeness (QED) is 0.272. The number of aromatic nitrogens is 1. The molecule has 0 radical (unpaired) electrons. The Morgan fingerprint density at radius 3 is 2.51 bits per heavy atom. The first-order valence-corrected chi connectivity index (χ1v) is 15.0. The fraction of sp³-hybridized carbons (Fsp3) is 0.643. The highest BCUT2D eigenvalue weighted by Crippen LogP contribution is 2.46. The lowest BCUT2D eigenvalue weighted by Gasteiger charge is -2.37. The molecule has 1 aromatic heterocycles. The molecule has 1 aromatic carbocycles. The van der Waals surface area contributed by atoms with Crippen molar-refractivity contribution >= 4 is 35.4 Å². The van der Waals surface area contributed by atoms with Gasteiger partial charge in [-0.2, -0.15) is 0 Å². The summed E-state index contributed by atoms with van der Waals surface area (Å²) in [6, 6.07) is 5.46. The number of nitrogens with zero attached hydrogens (tertiary/aromatic N) is 2. The molecule has 2 saturated carbocycles. The van der Waals surface area contributed by atoms with Gasteiger partial charge >= 0.3 is 0 Å². The first-order valence-electron chi connectivity index (χ1n) is 13.5. The van der Waals surface area contributed by atoms with Gasteiger partial charge in [-0.05, 0) is 74.5 Å². The third-order valence-electron chi connectivity index (χ3n) is 8.46. The Balaban J connectivity index is 1.09. The van der Waals surface area contributed by atoms with Gasteiger partial charge in [0.2, 0.25) is 0 Å². The Morgan fingerprint density at radius 1 is 1.11 bits per heavy atom. The van der Waals surface area contributed by atoms with Gasteiger partial charge in [-0.3, -0.25) is 4.79 Å². The molecule has 7 heteroatoms. The standard InChI is InChI=1S/C28H39N3O2S2/c1-3-4-19-5-8-21(9-6-19)22-10-12-23(13-11-22)28-29-25-16-31(17-27(25)34-28)35-30-24-14-7-20(18-32)15-26(24)33-2/h7,14-15,18-19,21-23,30H,3-6,8-13,16-17H2,1-2H3. The van der Waals surface area contributed by atoms with E-state index in [0.29, 0.717) is 17.2 Å². The number of methoxy groups -OCH3 is 1. The zero-order chi connectivity index (χ0) is 24.2. The summed E-state index contributed by atoms with van der Waals surface area (Å²) in [6.45, 7) is 4.13. The summed E-state index contributed by atoms with van der Waals surface area (Å²) in [5, 5.41) is 1.39. The SMILES string of the molecule is CCCC1CCC(C2CCC(c3nc4c(s3)CN(SNc3ccc(C=O)cc3OC)C4)CC2)CC1. The molecule has 35 heavy (non-hydrogen) atoms. The second kappa shape index (κ2) is 11.7. The maximum atomic E-state index is 11.0. The zero-order valence-electron chi connectivity index (χ0n) is 21.1. The van der Waals surface area contributed by atoms with E-state index < -0.39 is 0 Å². The Hall–Kier alpha value is -1.57. The molecule has 0 amide bonds. The lowest BCUT2D eigenvalue weighted by Crippen LogP contribution is -2.25. The van der Waals surface area contributed by atoms with Crippen LogP contribution in [-0.2, 0) is 13.1 Å². The second-order valence-electron chi connectivity index (χ2n) is 10.7. The molecule has 2 aliphatic carbocycles. The van der Waals surface area contributed by atoms with E-state index in [0.717, 1.165) is 42.8 Å². The average Bonchev–Trinajstić information content (AvgIpc) is 3.47. The molecule has 190 valence electrons. The van der Waals surface area contributed by atoms with Gasteiger partial charge in [0.1, 0.15) is 12.0 Å². The van der Waals surface area contributed by atoms with Gasteiger partial charge in [0.25, 0.3) is 0 Å². The van der Waals surface area contributed by atoms with Gasteiger partial charge in [0.05, 0.1) is 30.0 Å². The van der Waals surface area contributed by atoms with Crippen molar-refractivity contribution in [3.8, 4) is 5.75 Å². The molecule has 0 saturated heterocycles. The molecule has 5 nitrogen and oxygen atoms in total. The molecule has 0 atom stereocenters. The molecule has 2 aromatic rings. The zero-order valence-corrected chi connectivity index (χ0v) is 22.8. The number of nitrogens with one attached hydrogen (secondary N) is 1. The molecule has 0 bridgehead atoms.